The first-order valence-electron chi connectivity index (χ1n) is 10.2. The van der Waals surface area contributed by atoms with Gasteiger partial charge in [-0.05, 0) is 63.3 Å². The van der Waals surface area contributed by atoms with Gasteiger partial charge < -0.3 is 15.4 Å². The van der Waals surface area contributed by atoms with Gasteiger partial charge in [0.15, 0.2) is 0 Å². The zero-order valence-corrected chi connectivity index (χ0v) is 18.1. The summed E-state index contributed by atoms with van der Waals surface area (Å²) in [5.41, 5.74) is 9.38. The van der Waals surface area contributed by atoms with E-state index < -0.39 is 0 Å². The van der Waals surface area contributed by atoms with E-state index in [9.17, 15) is 0 Å². The van der Waals surface area contributed by atoms with Crippen LogP contribution >= 0.6 is 0 Å². The summed E-state index contributed by atoms with van der Waals surface area (Å²) in [6.45, 7) is 14.7. The van der Waals surface area contributed by atoms with Crippen molar-refractivity contribution >= 4 is 5.95 Å². The second-order valence-electron chi connectivity index (χ2n) is 9.51. The van der Waals surface area contributed by atoms with Gasteiger partial charge >= 0.3 is 0 Å². The Morgan fingerprint density at radius 2 is 1.82 bits per heavy atom. The quantitative estimate of drug-likeness (QED) is 0.841. The SMILES string of the molecule is CC(C)Oc1ccc(-c2ccnc(N3CCC(C)(N)CC3)n2)cc1C(C)(C)C. The summed E-state index contributed by atoms with van der Waals surface area (Å²) in [4.78, 5) is 11.6. The Morgan fingerprint density at radius 1 is 1.14 bits per heavy atom. The molecule has 2 heterocycles. The molecular formula is C23H34N4O. The number of ether oxygens (including phenoxy) is 1. The van der Waals surface area contributed by atoms with Crippen molar-refractivity contribution in [2.24, 2.45) is 5.73 Å². The Hall–Kier alpha value is -2.14. The first-order valence-corrected chi connectivity index (χ1v) is 10.2. The summed E-state index contributed by atoms with van der Waals surface area (Å²) in [7, 11) is 0. The van der Waals surface area contributed by atoms with Crippen molar-refractivity contribution in [2.45, 2.75) is 71.4 Å². The van der Waals surface area contributed by atoms with Crippen LogP contribution in [0.4, 0.5) is 5.95 Å². The van der Waals surface area contributed by atoms with E-state index in [4.69, 9.17) is 15.5 Å². The molecular weight excluding hydrogens is 348 g/mol. The van der Waals surface area contributed by atoms with E-state index in [1.165, 1.54) is 5.56 Å². The molecule has 152 valence electrons. The molecule has 5 heteroatoms. The average Bonchev–Trinajstić information content (AvgIpc) is 2.61. The molecule has 0 unspecified atom stereocenters. The molecule has 1 aromatic carbocycles. The third kappa shape index (κ3) is 4.82. The maximum atomic E-state index is 6.27. The fourth-order valence-electron chi connectivity index (χ4n) is 3.51. The van der Waals surface area contributed by atoms with Crippen LogP contribution in [0.15, 0.2) is 30.5 Å². The van der Waals surface area contributed by atoms with Crippen LogP contribution in [0.3, 0.4) is 0 Å². The maximum Gasteiger partial charge on any atom is 0.225 e. The summed E-state index contributed by atoms with van der Waals surface area (Å²) in [5.74, 6) is 1.73. The first kappa shape index (κ1) is 20.6. The highest BCUT2D eigenvalue weighted by Gasteiger charge is 2.27. The van der Waals surface area contributed by atoms with Gasteiger partial charge in [-0.1, -0.05) is 20.8 Å². The molecule has 28 heavy (non-hydrogen) atoms. The van der Waals surface area contributed by atoms with E-state index in [1.54, 1.807) is 0 Å². The Labute approximate surface area is 169 Å². The van der Waals surface area contributed by atoms with Gasteiger partial charge in [0.2, 0.25) is 5.95 Å². The standard InChI is InChI=1S/C23H34N4O/c1-16(2)28-20-8-7-17(15-18(20)22(3,4)5)19-9-12-25-21(26-19)27-13-10-23(6,24)11-14-27/h7-9,12,15-16H,10-11,13-14,24H2,1-6H3. The number of piperidine rings is 1. The minimum atomic E-state index is -0.0814. The van der Waals surface area contributed by atoms with Crippen molar-refractivity contribution in [3.63, 3.8) is 0 Å². The van der Waals surface area contributed by atoms with Gasteiger partial charge in [-0.3, -0.25) is 0 Å². The average molecular weight is 383 g/mol. The molecule has 3 rings (SSSR count). The molecule has 2 N–H and O–H groups in total. The number of aromatic nitrogens is 2. The van der Waals surface area contributed by atoms with Gasteiger partial charge in [0, 0.05) is 36.0 Å². The summed E-state index contributed by atoms with van der Waals surface area (Å²) in [6.07, 6.45) is 3.90. The van der Waals surface area contributed by atoms with Crippen molar-refractivity contribution in [1.82, 2.24) is 9.97 Å². The number of benzene rings is 1. The number of nitrogens with two attached hydrogens (primary N) is 1. The third-order valence-electron chi connectivity index (χ3n) is 5.28. The van der Waals surface area contributed by atoms with Crippen molar-refractivity contribution in [2.75, 3.05) is 18.0 Å². The number of hydrogen-bond donors (Lipinski definition) is 1. The van der Waals surface area contributed by atoms with Crippen molar-refractivity contribution in [1.29, 1.82) is 0 Å². The number of hydrogen-bond acceptors (Lipinski definition) is 5. The number of nitrogens with zero attached hydrogens (tertiary/aromatic N) is 3. The van der Waals surface area contributed by atoms with Crippen LogP contribution in [0.1, 0.15) is 59.9 Å². The highest BCUT2D eigenvalue weighted by molar-refractivity contribution is 5.64. The normalized spacial score (nSPS) is 17.1. The Bertz CT molecular complexity index is 814. The summed E-state index contributed by atoms with van der Waals surface area (Å²) < 4.78 is 6.05. The monoisotopic (exact) mass is 382 g/mol. The van der Waals surface area contributed by atoms with Gasteiger partial charge in [0.1, 0.15) is 5.75 Å². The molecule has 0 atom stereocenters. The highest BCUT2D eigenvalue weighted by Crippen LogP contribution is 2.35. The zero-order chi connectivity index (χ0) is 20.5. The molecule has 1 aliphatic heterocycles. The highest BCUT2D eigenvalue weighted by atomic mass is 16.5. The van der Waals surface area contributed by atoms with E-state index in [2.05, 4.69) is 69.6 Å². The van der Waals surface area contributed by atoms with E-state index in [-0.39, 0.29) is 17.1 Å². The van der Waals surface area contributed by atoms with Gasteiger partial charge in [0.25, 0.3) is 0 Å². The van der Waals surface area contributed by atoms with Crippen LogP contribution in [0, 0.1) is 0 Å². The van der Waals surface area contributed by atoms with E-state index in [1.807, 2.05) is 12.3 Å². The lowest BCUT2D eigenvalue weighted by atomic mass is 9.85. The molecule has 1 aliphatic rings. The van der Waals surface area contributed by atoms with Gasteiger partial charge in [-0.15, -0.1) is 0 Å². The number of rotatable bonds is 4. The lowest BCUT2D eigenvalue weighted by molar-refractivity contribution is 0.236. The summed E-state index contributed by atoms with van der Waals surface area (Å²) in [5, 5.41) is 0. The van der Waals surface area contributed by atoms with Crippen LogP contribution in [0.25, 0.3) is 11.3 Å². The molecule has 5 nitrogen and oxygen atoms in total. The second-order valence-corrected chi connectivity index (χ2v) is 9.51. The van der Waals surface area contributed by atoms with Gasteiger partial charge in [0.05, 0.1) is 11.8 Å². The third-order valence-corrected chi connectivity index (χ3v) is 5.28. The number of anilines is 1. The Balaban J connectivity index is 1.91. The molecule has 1 fully saturated rings. The Morgan fingerprint density at radius 3 is 2.43 bits per heavy atom. The van der Waals surface area contributed by atoms with Crippen molar-refractivity contribution in [3.8, 4) is 17.0 Å². The minimum Gasteiger partial charge on any atom is -0.491 e. The maximum absolute atomic E-state index is 6.27. The van der Waals surface area contributed by atoms with E-state index in [0.29, 0.717) is 0 Å². The summed E-state index contributed by atoms with van der Waals surface area (Å²) >= 11 is 0. The topological polar surface area (TPSA) is 64.3 Å². The van der Waals surface area contributed by atoms with E-state index >= 15 is 0 Å². The zero-order valence-electron chi connectivity index (χ0n) is 18.1. The molecule has 1 saturated heterocycles. The molecule has 0 bridgehead atoms. The minimum absolute atomic E-state index is 0.0193. The molecule has 0 saturated carbocycles. The first-order chi connectivity index (χ1) is 13.0. The largest absolute Gasteiger partial charge is 0.491 e. The van der Waals surface area contributed by atoms with Crippen LogP contribution in [0.2, 0.25) is 0 Å². The molecule has 0 amide bonds. The Kier molecular flexibility index (Phi) is 5.67. The van der Waals surface area contributed by atoms with Gasteiger partial charge in [-0.25, -0.2) is 9.97 Å². The van der Waals surface area contributed by atoms with Crippen LogP contribution < -0.4 is 15.4 Å². The lowest BCUT2D eigenvalue weighted by Gasteiger charge is -2.36. The lowest BCUT2D eigenvalue weighted by Crippen LogP contribution is -2.48. The molecule has 1 aromatic heterocycles. The predicted octanol–water partition coefficient (Wildman–Crippen LogP) is 4.55. The predicted molar refractivity (Wildman–Crippen MR) is 116 cm³/mol. The summed E-state index contributed by atoms with van der Waals surface area (Å²) in [6, 6.07) is 8.34. The fourth-order valence-corrected chi connectivity index (χ4v) is 3.51. The van der Waals surface area contributed by atoms with Crippen molar-refractivity contribution < 1.29 is 4.74 Å². The second kappa shape index (κ2) is 7.70. The van der Waals surface area contributed by atoms with Crippen molar-refractivity contribution in [3.05, 3.63) is 36.0 Å². The molecule has 2 aromatic rings. The van der Waals surface area contributed by atoms with Crippen LogP contribution in [0.5, 0.6) is 5.75 Å². The van der Waals surface area contributed by atoms with E-state index in [0.717, 1.165) is 48.9 Å². The van der Waals surface area contributed by atoms with Crippen LogP contribution in [-0.4, -0.2) is 34.7 Å². The fraction of sp³-hybridized carbons (Fsp3) is 0.565. The molecule has 0 radical (unpaired) electrons. The van der Waals surface area contributed by atoms with Crippen LogP contribution in [-0.2, 0) is 5.41 Å². The smallest absolute Gasteiger partial charge is 0.225 e. The van der Waals surface area contributed by atoms with Gasteiger partial charge in [-0.2, -0.15) is 0 Å². The molecule has 0 spiro atoms. The molecule has 0 aliphatic carbocycles.